The van der Waals surface area contributed by atoms with Crippen molar-refractivity contribution in [2.24, 2.45) is 11.5 Å². The van der Waals surface area contributed by atoms with Crippen LogP contribution in [0, 0.1) is 0 Å². The third kappa shape index (κ3) is 10.3. The third-order valence-corrected chi connectivity index (χ3v) is 3.91. The number of aliphatic hydroxyl groups excluding tert-OH is 2. The second kappa shape index (κ2) is 13.1. The molecular weight excluding hydrogens is 422 g/mol. The topological polar surface area (TPSA) is 271 Å². The van der Waals surface area contributed by atoms with Gasteiger partial charge in [-0.1, -0.05) is 0 Å². The summed E-state index contributed by atoms with van der Waals surface area (Å²) in [6.45, 7) is 0.144. The van der Waals surface area contributed by atoms with Gasteiger partial charge in [-0.05, 0) is 13.3 Å². The van der Waals surface area contributed by atoms with Crippen molar-refractivity contribution in [3.63, 3.8) is 0 Å². The molecule has 0 aromatic heterocycles. The molecular formula is C16H27N5O10. The minimum Gasteiger partial charge on any atom is -0.481 e. The maximum atomic E-state index is 12.3. The van der Waals surface area contributed by atoms with E-state index in [2.05, 4.69) is 5.32 Å². The van der Waals surface area contributed by atoms with Crippen molar-refractivity contribution in [3.05, 3.63) is 0 Å². The first-order valence-electron chi connectivity index (χ1n) is 8.98. The van der Waals surface area contributed by atoms with E-state index in [9.17, 15) is 39.0 Å². The number of carbonyl (C=O) groups is 6. The number of nitrogens with two attached hydrogens (primary N) is 2. The molecule has 4 amide bonds. The zero-order valence-electron chi connectivity index (χ0n) is 16.6. The lowest BCUT2D eigenvalue weighted by Crippen LogP contribution is -2.59. The third-order valence-electron chi connectivity index (χ3n) is 3.91. The van der Waals surface area contributed by atoms with Gasteiger partial charge >= 0.3 is 11.9 Å². The SMILES string of the molecule is CC(O)C(NC(=O)C(CC(N)=O)NC(=O)C(CO)NC(=O)C(N)CCC(=O)O)C(=O)O. The molecule has 15 nitrogen and oxygen atoms in total. The molecule has 0 saturated heterocycles. The van der Waals surface area contributed by atoms with Crippen molar-refractivity contribution in [2.75, 3.05) is 6.61 Å². The number of carbonyl (C=O) groups excluding carboxylic acids is 4. The fourth-order valence-electron chi connectivity index (χ4n) is 2.21. The molecule has 0 aliphatic rings. The summed E-state index contributed by atoms with van der Waals surface area (Å²) in [4.78, 5) is 69.4. The first kappa shape index (κ1) is 27.7. The van der Waals surface area contributed by atoms with Crippen molar-refractivity contribution in [1.29, 1.82) is 0 Å². The summed E-state index contributed by atoms with van der Waals surface area (Å²) in [5.41, 5.74) is 10.5. The maximum Gasteiger partial charge on any atom is 0.328 e. The lowest BCUT2D eigenvalue weighted by Gasteiger charge is -2.24. The van der Waals surface area contributed by atoms with E-state index in [4.69, 9.17) is 21.7 Å². The monoisotopic (exact) mass is 449 g/mol. The van der Waals surface area contributed by atoms with Gasteiger partial charge in [0.25, 0.3) is 0 Å². The Bertz CT molecular complexity index is 698. The number of carboxylic acids is 2. The van der Waals surface area contributed by atoms with E-state index in [1.807, 2.05) is 10.6 Å². The smallest absolute Gasteiger partial charge is 0.328 e. The van der Waals surface area contributed by atoms with E-state index >= 15 is 0 Å². The first-order valence-corrected chi connectivity index (χ1v) is 8.98. The Balaban J connectivity index is 5.23. The number of hydrogen-bond acceptors (Lipinski definition) is 9. The second-order valence-corrected chi connectivity index (χ2v) is 6.58. The summed E-state index contributed by atoms with van der Waals surface area (Å²) >= 11 is 0. The van der Waals surface area contributed by atoms with Gasteiger partial charge in [-0.3, -0.25) is 24.0 Å². The predicted octanol–water partition coefficient (Wildman–Crippen LogP) is -5.03. The van der Waals surface area contributed by atoms with E-state index < -0.39 is 85.3 Å². The lowest BCUT2D eigenvalue weighted by molar-refractivity contribution is -0.145. The number of rotatable bonds is 14. The Kier molecular flexibility index (Phi) is 11.7. The van der Waals surface area contributed by atoms with Gasteiger partial charge in [0.2, 0.25) is 23.6 Å². The second-order valence-electron chi connectivity index (χ2n) is 6.58. The summed E-state index contributed by atoms with van der Waals surface area (Å²) in [5, 5.41) is 42.4. The minimum atomic E-state index is -1.75. The van der Waals surface area contributed by atoms with Gasteiger partial charge in [0, 0.05) is 6.42 Å². The Hall–Kier alpha value is -3.30. The van der Waals surface area contributed by atoms with Crippen LogP contribution < -0.4 is 27.4 Å². The van der Waals surface area contributed by atoms with Gasteiger partial charge in [-0.2, -0.15) is 0 Å². The molecule has 0 spiro atoms. The summed E-state index contributed by atoms with van der Waals surface area (Å²) in [7, 11) is 0. The Morgan fingerprint density at radius 2 is 1.42 bits per heavy atom. The summed E-state index contributed by atoms with van der Waals surface area (Å²) in [6, 6.07) is -6.36. The van der Waals surface area contributed by atoms with Crippen molar-refractivity contribution in [3.8, 4) is 0 Å². The summed E-state index contributed by atoms with van der Waals surface area (Å²) in [5.74, 6) is -7.07. The first-order chi connectivity index (χ1) is 14.3. The van der Waals surface area contributed by atoms with Crippen LogP contribution in [-0.4, -0.2) is 92.9 Å². The lowest BCUT2D eigenvalue weighted by atomic mass is 10.1. The molecule has 0 aromatic rings. The molecule has 0 aromatic carbocycles. The number of hydrogen-bond donors (Lipinski definition) is 9. The molecule has 0 aliphatic heterocycles. The highest BCUT2D eigenvalue weighted by atomic mass is 16.4. The van der Waals surface area contributed by atoms with Gasteiger partial charge in [0.05, 0.1) is 25.2 Å². The highest BCUT2D eigenvalue weighted by Crippen LogP contribution is 2.00. The van der Waals surface area contributed by atoms with Crippen LogP contribution in [0.25, 0.3) is 0 Å². The quantitative estimate of drug-likeness (QED) is 0.121. The van der Waals surface area contributed by atoms with Gasteiger partial charge in [0.1, 0.15) is 12.1 Å². The Morgan fingerprint density at radius 1 is 0.903 bits per heavy atom. The molecule has 0 radical (unpaired) electrons. The number of aliphatic hydroxyl groups is 2. The zero-order valence-corrected chi connectivity index (χ0v) is 16.6. The number of aliphatic carboxylic acids is 2. The van der Waals surface area contributed by atoms with Crippen LogP contribution >= 0.6 is 0 Å². The van der Waals surface area contributed by atoms with Crippen LogP contribution in [0.3, 0.4) is 0 Å². The highest BCUT2D eigenvalue weighted by molar-refractivity contribution is 5.96. The van der Waals surface area contributed by atoms with Crippen molar-refractivity contribution in [2.45, 2.75) is 56.5 Å². The maximum absolute atomic E-state index is 12.3. The molecule has 0 rings (SSSR count). The zero-order chi connectivity index (χ0) is 24.3. The molecule has 0 bridgehead atoms. The molecule has 0 aliphatic carbocycles. The van der Waals surface area contributed by atoms with Gasteiger partial charge < -0.3 is 47.8 Å². The Labute approximate surface area is 176 Å². The molecule has 176 valence electrons. The van der Waals surface area contributed by atoms with E-state index in [1.54, 1.807) is 0 Å². The molecule has 0 saturated carbocycles. The molecule has 5 atom stereocenters. The van der Waals surface area contributed by atoms with Crippen LogP contribution in [-0.2, 0) is 28.8 Å². The van der Waals surface area contributed by atoms with Gasteiger partial charge in [-0.15, -0.1) is 0 Å². The molecule has 0 heterocycles. The van der Waals surface area contributed by atoms with Crippen LogP contribution in [0.15, 0.2) is 0 Å². The Morgan fingerprint density at radius 3 is 1.84 bits per heavy atom. The van der Waals surface area contributed by atoms with Crippen molar-refractivity contribution in [1.82, 2.24) is 16.0 Å². The van der Waals surface area contributed by atoms with E-state index in [-0.39, 0.29) is 6.42 Å². The fraction of sp³-hybridized carbons (Fsp3) is 0.625. The van der Waals surface area contributed by atoms with Crippen LogP contribution in [0.4, 0.5) is 0 Å². The largest absolute Gasteiger partial charge is 0.481 e. The van der Waals surface area contributed by atoms with Crippen molar-refractivity contribution < 1.29 is 49.2 Å². The standard InChI is InChI=1S/C16H27N5O10/c1-6(23)12(16(30)31)21-14(28)8(4-10(18)24)19-15(29)9(5-22)20-13(27)7(17)2-3-11(25)26/h6-9,12,22-23H,2-5,17H2,1H3,(H2,18,24)(H,19,29)(H,20,27)(H,21,28)(H,25,26)(H,30,31). The number of nitrogens with one attached hydrogen (secondary N) is 3. The average Bonchev–Trinajstić information content (AvgIpc) is 2.66. The van der Waals surface area contributed by atoms with E-state index in [0.717, 1.165) is 6.92 Å². The van der Waals surface area contributed by atoms with Gasteiger partial charge in [0.15, 0.2) is 6.04 Å². The minimum absolute atomic E-state index is 0.246. The summed E-state index contributed by atoms with van der Waals surface area (Å²) in [6.07, 6.45) is -2.93. The fourth-order valence-corrected chi connectivity index (χ4v) is 2.21. The van der Waals surface area contributed by atoms with Crippen LogP contribution in [0.5, 0.6) is 0 Å². The number of carboxylic acid groups (broad SMARTS) is 2. The van der Waals surface area contributed by atoms with E-state index in [0.29, 0.717) is 0 Å². The van der Waals surface area contributed by atoms with E-state index in [1.165, 1.54) is 0 Å². The average molecular weight is 449 g/mol. The number of amides is 4. The van der Waals surface area contributed by atoms with Gasteiger partial charge in [-0.25, -0.2) is 4.79 Å². The number of primary amides is 1. The molecule has 15 heteroatoms. The van der Waals surface area contributed by atoms with Crippen LogP contribution in [0.2, 0.25) is 0 Å². The summed E-state index contributed by atoms with van der Waals surface area (Å²) < 4.78 is 0. The van der Waals surface area contributed by atoms with Crippen molar-refractivity contribution >= 4 is 35.6 Å². The highest BCUT2D eigenvalue weighted by Gasteiger charge is 2.32. The normalized spacial score (nSPS) is 15.5. The molecule has 31 heavy (non-hydrogen) atoms. The predicted molar refractivity (Wildman–Crippen MR) is 101 cm³/mol. The molecule has 0 fully saturated rings. The molecule has 5 unspecified atom stereocenters. The van der Waals surface area contributed by atoms with Crippen LogP contribution in [0.1, 0.15) is 26.2 Å². The molecule has 11 N–H and O–H groups in total.